The first kappa shape index (κ1) is 12.5. The minimum Gasteiger partial charge on any atom is -0.505 e. The number of esters is 1. The molecule has 0 aliphatic carbocycles. The number of phenols is 1. The van der Waals surface area contributed by atoms with Gasteiger partial charge in [-0.05, 0) is 37.5 Å². The zero-order valence-corrected chi connectivity index (χ0v) is 9.42. The average Bonchev–Trinajstić information content (AvgIpc) is 2.25. The highest BCUT2D eigenvalue weighted by atomic mass is 19.1. The number of phenolic OH excluding ortho intramolecular Hbond substituents is 1. The van der Waals surface area contributed by atoms with Crippen LogP contribution in [0.4, 0.5) is 4.39 Å². The van der Waals surface area contributed by atoms with Crippen LogP contribution in [0.5, 0.6) is 5.75 Å². The van der Waals surface area contributed by atoms with Gasteiger partial charge in [0.05, 0.1) is 6.61 Å². The van der Waals surface area contributed by atoms with E-state index in [1.807, 2.05) is 0 Å². The van der Waals surface area contributed by atoms with Crippen molar-refractivity contribution < 1.29 is 19.0 Å². The zero-order chi connectivity index (χ0) is 12.1. The highest BCUT2D eigenvalue weighted by Crippen LogP contribution is 2.22. The average molecular weight is 226 g/mol. The second-order valence-electron chi connectivity index (χ2n) is 3.49. The van der Waals surface area contributed by atoms with Gasteiger partial charge >= 0.3 is 5.97 Å². The van der Waals surface area contributed by atoms with Crippen LogP contribution in [0.2, 0.25) is 0 Å². The van der Waals surface area contributed by atoms with Crippen molar-refractivity contribution in [3.8, 4) is 5.75 Å². The summed E-state index contributed by atoms with van der Waals surface area (Å²) in [6.07, 6.45) is 0.640. The number of halogens is 1. The molecule has 0 saturated carbocycles. The number of aromatic hydroxyl groups is 1. The standard InChI is InChI=1S/C12H15FO3/c1-3-16-11(15)7-5-9-4-6-10(14)12(13)8(9)2/h4,6,14H,3,5,7H2,1-2H3. The Morgan fingerprint density at radius 2 is 2.19 bits per heavy atom. The fourth-order valence-electron chi connectivity index (χ4n) is 1.45. The molecular weight excluding hydrogens is 211 g/mol. The molecule has 3 nitrogen and oxygen atoms in total. The number of carbonyl (C=O) groups is 1. The SMILES string of the molecule is CCOC(=O)CCc1ccc(O)c(F)c1C. The summed E-state index contributed by atoms with van der Waals surface area (Å²) in [7, 11) is 0. The number of hydrogen-bond donors (Lipinski definition) is 1. The molecule has 88 valence electrons. The molecule has 0 amide bonds. The number of rotatable bonds is 4. The molecule has 0 spiro atoms. The van der Waals surface area contributed by atoms with Crippen LogP contribution < -0.4 is 0 Å². The van der Waals surface area contributed by atoms with Crippen molar-refractivity contribution in [2.75, 3.05) is 6.61 Å². The van der Waals surface area contributed by atoms with Gasteiger partial charge in [-0.15, -0.1) is 0 Å². The molecule has 1 aromatic carbocycles. The maximum atomic E-state index is 13.3. The smallest absolute Gasteiger partial charge is 0.306 e. The predicted octanol–water partition coefficient (Wildman–Crippen LogP) is 2.34. The first-order chi connectivity index (χ1) is 7.56. The first-order valence-corrected chi connectivity index (χ1v) is 5.18. The van der Waals surface area contributed by atoms with Crippen molar-refractivity contribution >= 4 is 5.97 Å². The van der Waals surface area contributed by atoms with Gasteiger partial charge in [-0.1, -0.05) is 6.07 Å². The quantitative estimate of drug-likeness (QED) is 0.801. The summed E-state index contributed by atoms with van der Waals surface area (Å²) in [4.78, 5) is 11.1. The Morgan fingerprint density at radius 3 is 2.81 bits per heavy atom. The minimum absolute atomic E-state index is 0.221. The van der Waals surface area contributed by atoms with E-state index in [1.54, 1.807) is 19.9 Å². The molecule has 0 heterocycles. The summed E-state index contributed by atoms with van der Waals surface area (Å²) < 4.78 is 18.1. The first-order valence-electron chi connectivity index (χ1n) is 5.18. The Morgan fingerprint density at radius 1 is 1.50 bits per heavy atom. The van der Waals surface area contributed by atoms with Gasteiger partial charge in [0.25, 0.3) is 0 Å². The lowest BCUT2D eigenvalue weighted by molar-refractivity contribution is -0.143. The van der Waals surface area contributed by atoms with E-state index in [1.165, 1.54) is 6.07 Å². The van der Waals surface area contributed by atoms with Crippen LogP contribution in [0.25, 0.3) is 0 Å². The molecule has 4 heteroatoms. The summed E-state index contributed by atoms with van der Waals surface area (Å²) in [6, 6.07) is 2.91. The fourth-order valence-corrected chi connectivity index (χ4v) is 1.45. The van der Waals surface area contributed by atoms with E-state index < -0.39 is 5.82 Å². The fraction of sp³-hybridized carbons (Fsp3) is 0.417. The van der Waals surface area contributed by atoms with Crippen LogP contribution in [0.15, 0.2) is 12.1 Å². The zero-order valence-electron chi connectivity index (χ0n) is 9.42. The molecule has 0 aliphatic rings. The lowest BCUT2D eigenvalue weighted by Gasteiger charge is -2.07. The van der Waals surface area contributed by atoms with Crippen molar-refractivity contribution in [3.05, 3.63) is 29.1 Å². The van der Waals surface area contributed by atoms with E-state index in [4.69, 9.17) is 9.84 Å². The number of hydrogen-bond acceptors (Lipinski definition) is 3. The van der Waals surface area contributed by atoms with Crippen LogP contribution in [0, 0.1) is 12.7 Å². The second-order valence-corrected chi connectivity index (χ2v) is 3.49. The largest absolute Gasteiger partial charge is 0.505 e. The van der Waals surface area contributed by atoms with Gasteiger partial charge < -0.3 is 9.84 Å². The molecule has 1 N–H and O–H groups in total. The van der Waals surface area contributed by atoms with E-state index in [2.05, 4.69) is 0 Å². The topological polar surface area (TPSA) is 46.5 Å². The van der Waals surface area contributed by atoms with Crippen LogP contribution in [-0.4, -0.2) is 17.7 Å². The number of aryl methyl sites for hydroxylation is 1. The summed E-state index contributed by atoms with van der Waals surface area (Å²) in [5.41, 5.74) is 1.09. The number of ether oxygens (including phenoxy) is 1. The van der Waals surface area contributed by atoms with Crippen molar-refractivity contribution in [2.24, 2.45) is 0 Å². The minimum atomic E-state index is -0.624. The molecule has 0 radical (unpaired) electrons. The molecule has 0 unspecified atom stereocenters. The Labute approximate surface area is 93.9 Å². The molecule has 1 aromatic rings. The third kappa shape index (κ3) is 2.95. The van der Waals surface area contributed by atoms with Gasteiger partial charge in [-0.25, -0.2) is 4.39 Å². The molecule has 16 heavy (non-hydrogen) atoms. The Balaban J connectivity index is 2.68. The van der Waals surface area contributed by atoms with Gasteiger partial charge in [0.15, 0.2) is 11.6 Å². The monoisotopic (exact) mass is 226 g/mol. The Hall–Kier alpha value is -1.58. The van der Waals surface area contributed by atoms with E-state index in [9.17, 15) is 9.18 Å². The summed E-state index contributed by atoms with van der Waals surface area (Å²) >= 11 is 0. The van der Waals surface area contributed by atoms with Crippen LogP contribution >= 0.6 is 0 Å². The maximum Gasteiger partial charge on any atom is 0.306 e. The van der Waals surface area contributed by atoms with E-state index in [0.29, 0.717) is 24.2 Å². The van der Waals surface area contributed by atoms with Gasteiger partial charge in [-0.3, -0.25) is 4.79 Å². The third-order valence-corrected chi connectivity index (χ3v) is 2.38. The second kappa shape index (κ2) is 5.49. The Bertz CT molecular complexity index is 388. The summed E-state index contributed by atoms with van der Waals surface area (Å²) in [5, 5.41) is 9.12. The highest BCUT2D eigenvalue weighted by Gasteiger charge is 2.10. The maximum absolute atomic E-state index is 13.3. The molecule has 1 rings (SSSR count). The molecule has 0 atom stereocenters. The van der Waals surface area contributed by atoms with Gasteiger partial charge in [0, 0.05) is 6.42 Å². The van der Waals surface area contributed by atoms with Crippen molar-refractivity contribution in [3.63, 3.8) is 0 Å². The molecule has 0 aromatic heterocycles. The van der Waals surface area contributed by atoms with Gasteiger partial charge in [0.2, 0.25) is 0 Å². The number of benzene rings is 1. The third-order valence-electron chi connectivity index (χ3n) is 2.38. The summed E-state index contributed by atoms with van der Waals surface area (Å²) in [6.45, 7) is 3.67. The molecule has 0 fully saturated rings. The van der Waals surface area contributed by atoms with Gasteiger partial charge in [0.1, 0.15) is 0 Å². The van der Waals surface area contributed by atoms with Crippen LogP contribution in [0.1, 0.15) is 24.5 Å². The van der Waals surface area contributed by atoms with Crippen molar-refractivity contribution in [1.29, 1.82) is 0 Å². The van der Waals surface area contributed by atoms with Crippen LogP contribution in [-0.2, 0) is 16.0 Å². The molecular formula is C12H15FO3. The lowest BCUT2D eigenvalue weighted by atomic mass is 10.0. The number of carbonyl (C=O) groups excluding carboxylic acids is 1. The van der Waals surface area contributed by atoms with Gasteiger partial charge in [-0.2, -0.15) is 0 Å². The van der Waals surface area contributed by atoms with E-state index >= 15 is 0 Å². The normalized spacial score (nSPS) is 10.2. The predicted molar refractivity (Wildman–Crippen MR) is 57.8 cm³/mol. The van der Waals surface area contributed by atoms with E-state index in [0.717, 1.165) is 0 Å². The Kier molecular flexibility index (Phi) is 4.28. The molecule has 0 aliphatic heterocycles. The highest BCUT2D eigenvalue weighted by molar-refractivity contribution is 5.69. The molecule has 0 saturated heterocycles. The van der Waals surface area contributed by atoms with Crippen molar-refractivity contribution in [2.45, 2.75) is 26.7 Å². The van der Waals surface area contributed by atoms with Crippen molar-refractivity contribution in [1.82, 2.24) is 0 Å². The van der Waals surface area contributed by atoms with Crippen LogP contribution in [0.3, 0.4) is 0 Å². The molecule has 0 bridgehead atoms. The van der Waals surface area contributed by atoms with E-state index in [-0.39, 0.29) is 18.1 Å². The lowest BCUT2D eigenvalue weighted by Crippen LogP contribution is -2.06. The summed E-state index contributed by atoms with van der Waals surface area (Å²) in [5.74, 6) is -1.28.